The smallest absolute Gasteiger partial charge is 0.400 e. The minimum absolute atomic E-state index is 0.246. The Balaban J connectivity index is 2.32. The maximum Gasteiger partial charge on any atom is 0.492 e. The third kappa shape index (κ3) is 3.07. The van der Waals surface area contributed by atoms with Gasteiger partial charge in [0.2, 0.25) is 0 Å². The number of aliphatic hydroxyl groups excluding tert-OH is 1. The zero-order valence-corrected chi connectivity index (χ0v) is 13.2. The predicted octanol–water partition coefficient (Wildman–Crippen LogP) is 2.70. The molecule has 1 fully saturated rings. The van der Waals surface area contributed by atoms with Crippen LogP contribution in [0.4, 0.5) is 4.39 Å². The molecule has 22 heavy (non-hydrogen) atoms. The van der Waals surface area contributed by atoms with E-state index in [1.54, 1.807) is 0 Å². The van der Waals surface area contributed by atoms with Crippen LogP contribution in [-0.4, -0.2) is 30.0 Å². The van der Waals surface area contributed by atoms with E-state index in [4.69, 9.17) is 14.6 Å². The highest BCUT2D eigenvalue weighted by molar-refractivity contribution is 6.55. The van der Waals surface area contributed by atoms with Crippen molar-refractivity contribution in [3.05, 3.63) is 40.6 Å². The van der Waals surface area contributed by atoms with Crippen LogP contribution in [0.3, 0.4) is 0 Å². The number of halogens is 1. The van der Waals surface area contributed by atoms with E-state index in [0.29, 0.717) is 5.47 Å². The Bertz CT molecular complexity index is 633. The summed E-state index contributed by atoms with van der Waals surface area (Å²) in [5.41, 5.74) is -0.111. The van der Waals surface area contributed by atoms with Crippen molar-refractivity contribution in [2.75, 3.05) is 6.61 Å². The summed E-state index contributed by atoms with van der Waals surface area (Å²) in [4.78, 5) is 0. The van der Waals surface area contributed by atoms with Crippen molar-refractivity contribution in [3.8, 4) is 6.07 Å². The van der Waals surface area contributed by atoms with Crippen LogP contribution in [0.15, 0.2) is 23.7 Å². The molecule has 1 aliphatic heterocycles. The molecule has 6 heteroatoms. The number of nitrogens with zero attached hydrogens (tertiary/aromatic N) is 1. The van der Waals surface area contributed by atoms with Crippen molar-refractivity contribution in [2.24, 2.45) is 0 Å². The topological polar surface area (TPSA) is 62.5 Å². The van der Waals surface area contributed by atoms with E-state index in [9.17, 15) is 9.50 Å². The first-order valence-electron chi connectivity index (χ1n) is 7.07. The van der Waals surface area contributed by atoms with Crippen LogP contribution in [0.25, 0.3) is 6.08 Å². The molecule has 4 nitrogen and oxygen atoms in total. The van der Waals surface area contributed by atoms with Gasteiger partial charge in [-0.3, -0.25) is 0 Å². The summed E-state index contributed by atoms with van der Waals surface area (Å²) in [5.74, 6) is -0.526. The SMILES string of the molecule is CC1(C)OB(C(=Cc2ccc(C#N)cc2F)CO)OC1(C)C. The van der Waals surface area contributed by atoms with Crippen LogP contribution >= 0.6 is 0 Å². The number of hydrogen-bond acceptors (Lipinski definition) is 4. The van der Waals surface area contributed by atoms with Gasteiger partial charge in [0.1, 0.15) is 5.82 Å². The molecule has 0 atom stereocenters. The summed E-state index contributed by atoms with van der Waals surface area (Å²) in [7, 11) is -0.731. The van der Waals surface area contributed by atoms with E-state index in [-0.39, 0.29) is 17.7 Å². The van der Waals surface area contributed by atoms with Crippen LogP contribution < -0.4 is 0 Å². The molecule has 0 radical (unpaired) electrons. The van der Waals surface area contributed by atoms with Crippen LogP contribution in [0.2, 0.25) is 0 Å². The zero-order valence-electron chi connectivity index (χ0n) is 13.2. The van der Waals surface area contributed by atoms with Crippen LogP contribution in [0.1, 0.15) is 38.8 Å². The van der Waals surface area contributed by atoms with Crippen molar-refractivity contribution in [3.63, 3.8) is 0 Å². The number of aliphatic hydroxyl groups is 1. The lowest BCUT2D eigenvalue weighted by atomic mass is 9.77. The van der Waals surface area contributed by atoms with Gasteiger partial charge in [-0.1, -0.05) is 12.1 Å². The molecular weight excluding hydrogens is 284 g/mol. The monoisotopic (exact) mass is 303 g/mol. The van der Waals surface area contributed by atoms with Gasteiger partial charge in [-0.25, -0.2) is 4.39 Å². The Kier molecular flexibility index (Phi) is 4.43. The lowest BCUT2D eigenvalue weighted by Crippen LogP contribution is -2.41. The highest BCUT2D eigenvalue weighted by atomic mass is 19.1. The summed E-state index contributed by atoms with van der Waals surface area (Å²) in [5, 5.41) is 18.3. The maximum absolute atomic E-state index is 14.0. The standard InChI is InChI=1S/C16H19BFNO3/c1-15(2)16(3,4)22-17(21-15)13(10-20)8-12-6-5-11(9-19)7-14(12)18/h5-8,20H,10H2,1-4H3. The van der Waals surface area contributed by atoms with Crippen LogP contribution in [0.5, 0.6) is 0 Å². The van der Waals surface area contributed by atoms with Gasteiger partial charge in [0.25, 0.3) is 0 Å². The normalized spacial score (nSPS) is 20.0. The van der Waals surface area contributed by atoms with Crippen molar-refractivity contribution in [1.29, 1.82) is 5.26 Å². The molecule has 1 heterocycles. The van der Waals surface area contributed by atoms with Crippen LogP contribution in [0, 0.1) is 17.1 Å². The molecule has 2 rings (SSSR count). The van der Waals surface area contributed by atoms with Crippen molar-refractivity contribution in [2.45, 2.75) is 38.9 Å². The molecule has 1 N–H and O–H groups in total. The number of benzene rings is 1. The average Bonchev–Trinajstić information content (AvgIpc) is 2.65. The first-order valence-corrected chi connectivity index (χ1v) is 7.07. The van der Waals surface area contributed by atoms with Gasteiger partial charge in [-0.05, 0) is 45.3 Å². The summed E-state index contributed by atoms with van der Waals surface area (Å²) < 4.78 is 25.7. The minimum Gasteiger partial charge on any atom is -0.400 e. The van der Waals surface area contributed by atoms with E-state index in [2.05, 4.69) is 0 Å². The largest absolute Gasteiger partial charge is 0.492 e. The van der Waals surface area contributed by atoms with Crippen LogP contribution in [-0.2, 0) is 9.31 Å². The first-order chi connectivity index (χ1) is 10.2. The second-order valence-corrected chi connectivity index (χ2v) is 6.31. The van der Waals surface area contributed by atoms with Gasteiger partial charge < -0.3 is 14.4 Å². The average molecular weight is 303 g/mol. The molecule has 0 aromatic heterocycles. The fourth-order valence-corrected chi connectivity index (χ4v) is 2.10. The number of rotatable bonds is 3. The lowest BCUT2D eigenvalue weighted by Gasteiger charge is -2.32. The van der Waals surface area contributed by atoms with Gasteiger partial charge in [0.15, 0.2) is 0 Å². The van der Waals surface area contributed by atoms with E-state index in [1.807, 2.05) is 33.8 Å². The molecular formula is C16H19BFNO3. The highest BCUT2D eigenvalue weighted by Gasteiger charge is 2.52. The molecule has 0 bridgehead atoms. The van der Waals surface area contributed by atoms with Gasteiger partial charge in [0, 0.05) is 5.56 Å². The summed E-state index contributed by atoms with van der Waals surface area (Å²) >= 11 is 0. The fraction of sp³-hybridized carbons (Fsp3) is 0.438. The van der Waals surface area contributed by atoms with E-state index in [1.165, 1.54) is 18.2 Å². The Labute approximate surface area is 130 Å². The second-order valence-electron chi connectivity index (χ2n) is 6.31. The third-order valence-electron chi connectivity index (χ3n) is 4.21. The molecule has 0 spiro atoms. The Morgan fingerprint density at radius 3 is 2.36 bits per heavy atom. The van der Waals surface area contributed by atoms with Gasteiger partial charge in [0.05, 0.1) is 29.4 Å². The third-order valence-corrected chi connectivity index (χ3v) is 4.21. The van der Waals surface area contributed by atoms with E-state index >= 15 is 0 Å². The number of hydrogen-bond donors (Lipinski definition) is 1. The fourth-order valence-electron chi connectivity index (χ4n) is 2.10. The zero-order chi connectivity index (χ0) is 16.5. The predicted molar refractivity (Wildman–Crippen MR) is 82.3 cm³/mol. The molecule has 116 valence electrons. The minimum atomic E-state index is -0.731. The second kappa shape index (κ2) is 5.84. The Hall–Kier alpha value is -1.68. The highest BCUT2D eigenvalue weighted by Crippen LogP contribution is 2.38. The first kappa shape index (κ1) is 16.7. The molecule has 1 aromatic carbocycles. The summed E-state index contributed by atoms with van der Waals surface area (Å²) in [6.07, 6.45) is 1.50. The van der Waals surface area contributed by atoms with E-state index in [0.717, 1.165) is 6.07 Å². The molecule has 0 saturated carbocycles. The van der Waals surface area contributed by atoms with Crippen molar-refractivity contribution < 1.29 is 18.8 Å². The van der Waals surface area contributed by atoms with Gasteiger partial charge in [-0.2, -0.15) is 5.26 Å². The molecule has 1 aromatic rings. The summed E-state index contributed by atoms with van der Waals surface area (Å²) in [6, 6.07) is 6.05. The molecule has 0 aliphatic carbocycles. The Morgan fingerprint density at radius 1 is 1.32 bits per heavy atom. The quantitative estimate of drug-likeness (QED) is 0.872. The van der Waals surface area contributed by atoms with E-state index < -0.39 is 24.1 Å². The lowest BCUT2D eigenvalue weighted by molar-refractivity contribution is 0.00578. The summed E-state index contributed by atoms with van der Waals surface area (Å²) in [6.45, 7) is 7.32. The molecule has 1 aliphatic rings. The van der Waals surface area contributed by atoms with Gasteiger partial charge >= 0.3 is 7.12 Å². The maximum atomic E-state index is 14.0. The number of nitriles is 1. The van der Waals surface area contributed by atoms with Crippen molar-refractivity contribution in [1.82, 2.24) is 0 Å². The van der Waals surface area contributed by atoms with Gasteiger partial charge in [-0.15, -0.1) is 0 Å². The molecule has 1 saturated heterocycles. The molecule has 0 unspecified atom stereocenters. The Morgan fingerprint density at radius 2 is 1.91 bits per heavy atom. The van der Waals surface area contributed by atoms with Crippen molar-refractivity contribution >= 4 is 13.2 Å². The molecule has 0 amide bonds.